The third-order valence-electron chi connectivity index (χ3n) is 3.73. The zero-order valence-corrected chi connectivity index (χ0v) is 12.5. The molecule has 1 fully saturated rings. The van der Waals surface area contributed by atoms with Crippen LogP contribution in [0.3, 0.4) is 0 Å². The number of aromatic hydroxyl groups is 1. The Balaban J connectivity index is 1.71. The average Bonchev–Trinajstić information content (AvgIpc) is 2.48. The van der Waals surface area contributed by atoms with Gasteiger partial charge in [-0.15, -0.1) is 0 Å². The summed E-state index contributed by atoms with van der Waals surface area (Å²) in [5, 5.41) is 10.0. The fourth-order valence-corrected chi connectivity index (χ4v) is 2.95. The lowest BCUT2D eigenvalue weighted by Gasteiger charge is -2.33. The largest absolute Gasteiger partial charge is 0.508 e. The molecule has 2 aromatic rings. The van der Waals surface area contributed by atoms with Gasteiger partial charge in [-0.3, -0.25) is 4.90 Å². The molecule has 0 radical (unpaired) electrons. The summed E-state index contributed by atoms with van der Waals surface area (Å²) < 4.78 is 5.84. The van der Waals surface area contributed by atoms with Crippen molar-refractivity contribution in [2.75, 3.05) is 19.7 Å². The van der Waals surface area contributed by atoms with Gasteiger partial charge in [0.15, 0.2) is 0 Å². The minimum absolute atomic E-state index is 0.0458. The molecule has 1 aliphatic heterocycles. The topological polar surface area (TPSA) is 32.7 Å². The Morgan fingerprint density at radius 2 is 2.00 bits per heavy atom. The van der Waals surface area contributed by atoms with E-state index in [1.54, 1.807) is 12.1 Å². The predicted octanol–water partition coefficient (Wildman–Crippen LogP) is 3.62. The second-order valence-electron chi connectivity index (χ2n) is 5.29. The second-order valence-corrected chi connectivity index (χ2v) is 5.69. The minimum atomic E-state index is -0.0458. The van der Waals surface area contributed by atoms with Gasteiger partial charge in [-0.05, 0) is 17.7 Å². The molecule has 4 heteroatoms. The van der Waals surface area contributed by atoms with Gasteiger partial charge in [0.25, 0.3) is 0 Å². The van der Waals surface area contributed by atoms with Crippen LogP contribution in [0.25, 0.3) is 0 Å². The van der Waals surface area contributed by atoms with E-state index in [0.29, 0.717) is 11.6 Å². The molecule has 2 aromatic carbocycles. The summed E-state index contributed by atoms with van der Waals surface area (Å²) in [7, 11) is 0. The highest BCUT2D eigenvalue weighted by atomic mass is 35.5. The summed E-state index contributed by atoms with van der Waals surface area (Å²) in [5.41, 5.74) is 2.24. The Labute approximate surface area is 129 Å². The van der Waals surface area contributed by atoms with Crippen LogP contribution >= 0.6 is 11.6 Å². The van der Waals surface area contributed by atoms with Crippen molar-refractivity contribution in [2.24, 2.45) is 0 Å². The highest BCUT2D eigenvalue weighted by Crippen LogP contribution is 2.31. The highest BCUT2D eigenvalue weighted by molar-refractivity contribution is 6.31. The van der Waals surface area contributed by atoms with Gasteiger partial charge in [0.2, 0.25) is 0 Å². The lowest BCUT2D eigenvalue weighted by atomic mass is 10.1. The number of phenols is 1. The number of nitrogens with zero attached hydrogens (tertiary/aromatic N) is 1. The molecule has 1 heterocycles. The van der Waals surface area contributed by atoms with Crippen LogP contribution in [0, 0.1) is 0 Å². The number of halogens is 1. The molecule has 110 valence electrons. The molecule has 0 aromatic heterocycles. The lowest BCUT2D eigenvalue weighted by Crippen LogP contribution is -2.37. The van der Waals surface area contributed by atoms with Crippen LogP contribution in [0.15, 0.2) is 48.5 Å². The van der Waals surface area contributed by atoms with Gasteiger partial charge in [-0.1, -0.05) is 48.0 Å². The highest BCUT2D eigenvalue weighted by Gasteiger charge is 2.23. The van der Waals surface area contributed by atoms with Gasteiger partial charge in [-0.2, -0.15) is 0 Å². The maximum atomic E-state index is 9.45. The Morgan fingerprint density at radius 3 is 2.76 bits per heavy atom. The first kappa shape index (κ1) is 14.4. The molecular weight excluding hydrogens is 286 g/mol. The van der Waals surface area contributed by atoms with Gasteiger partial charge in [0.05, 0.1) is 17.7 Å². The minimum Gasteiger partial charge on any atom is -0.508 e. The van der Waals surface area contributed by atoms with Crippen LogP contribution in [-0.4, -0.2) is 29.7 Å². The molecule has 0 aliphatic carbocycles. The Morgan fingerprint density at radius 1 is 1.19 bits per heavy atom. The van der Waals surface area contributed by atoms with Crippen LogP contribution in [0.4, 0.5) is 0 Å². The standard InChI is InChI=1S/C17H18ClNO2/c18-16-10-14(20)6-7-15(16)17-12-19(8-9-21-17)11-13-4-2-1-3-5-13/h1-7,10,17,20H,8-9,11-12H2/t17-/m0/s1. The first-order chi connectivity index (χ1) is 10.2. The van der Waals surface area contributed by atoms with Gasteiger partial charge >= 0.3 is 0 Å². The SMILES string of the molecule is Oc1ccc([C@@H]2CN(Cc3ccccc3)CCO2)c(Cl)c1. The van der Waals surface area contributed by atoms with E-state index < -0.39 is 0 Å². The van der Waals surface area contributed by atoms with Crippen LogP contribution < -0.4 is 0 Å². The molecule has 0 unspecified atom stereocenters. The maximum absolute atomic E-state index is 9.45. The predicted molar refractivity (Wildman–Crippen MR) is 83.5 cm³/mol. The normalized spacial score (nSPS) is 19.6. The average molecular weight is 304 g/mol. The van der Waals surface area contributed by atoms with Crippen molar-refractivity contribution in [3.8, 4) is 5.75 Å². The van der Waals surface area contributed by atoms with Crippen molar-refractivity contribution >= 4 is 11.6 Å². The van der Waals surface area contributed by atoms with Gasteiger partial charge in [-0.25, -0.2) is 0 Å². The lowest BCUT2D eigenvalue weighted by molar-refractivity contribution is -0.0328. The molecular formula is C17H18ClNO2. The van der Waals surface area contributed by atoms with Crippen LogP contribution in [-0.2, 0) is 11.3 Å². The second kappa shape index (κ2) is 6.48. The van der Waals surface area contributed by atoms with E-state index in [1.807, 2.05) is 12.1 Å². The molecule has 0 saturated carbocycles. The van der Waals surface area contributed by atoms with Gasteiger partial charge < -0.3 is 9.84 Å². The van der Waals surface area contributed by atoms with E-state index in [0.717, 1.165) is 25.2 Å². The Kier molecular flexibility index (Phi) is 4.44. The molecule has 1 N–H and O–H groups in total. The number of hydrogen-bond donors (Lipinski definition) is 1. The van der Waals surface area contributed by atoms with Crippen molar-refractivity contribution in [2.45, 2.75) is 12.6 Å². The first-order valence-corrected chi connectivity index (χ1v) is 7.46. The smallest absolute Gasteiger partial charge is 0.117 e. The maximum Gasteiger partial charge on any atom is 0.117 e. The van der Waals surface area contributed by atoms with Crippen molar-refractivity contribution in [3.63, 3.8) is 0 Å². The number of phenolic OH excluding ortho intramolecular Hbond substituents is 1. The molecule has 0 spiro atoms. The number of morpholine rings is 1. The summed E-state index contributed by atoms with van der Waals surface area (Å²) in [6.07, 6.45) is -0.0458. The summed E-state index contributed by atoms with van der Waals surface area (Å²) in [4.78, 5) is 2.37. The molecule has 0 amide bonds. The third kappa shape index (κ3) is 3.56. The van der Waals surface area contributed by atoms with E-state index >= 15 is 0 Å². The van der Waals surface area contributed by atoms with Crippen LogP contribution in [0.5, 0.6) is 5.75 Å². The van der Waals surface area contributed by atoms with Crippen LogP contribution in [0.2, 0.25) is 5.02 Å². The first-order valence-electron chi connectivity index (χ1n) is 7.08. The molecule has 1 saturated heterocycles. The molecule has 0 bridgehead atoms. The van der Waals surface area contributed by atoms with Gasteiger partial charge in [0, 0.05) is 25.2 Å². The summed E-state index contributed by atoms with van der Waals surface area (Å²) >= 11 is 6.21. The van der Waals surface area contributed by atoms with Crippen molar-refractivity contribution in [1.82, 2.24) is 4.90 Å². The fourth-order valence-electron chi connectivity index (χ4n) is 2.65. The number of ether oxygens (including phenoxy) is 1. The Bertz CT molecular complexity index is 603. The van der Waals surface area contributed by atoms with Crippen molar-refractivity contribution in [3.05, 3.63) is 64.7 Å². The van der Waals surface area contributed by atoms with Gasteiger partial charge in [0.1, 0.15) is 5.75 Å². The van der Waals surface area contributed by atoms with E-state index in [2.05, 4.69) is 29.2 Å². The number of hydrogen-bond acceptors (Lipinski definition) is 3. The summed E-state index contributed by atoms with van der Waals surface area (Å²) in [6.45, 7) is 3.32. The quantitative estimate of drug-likeness (QED) is 0.940. The molecule has 1 aliphatic rings. The molecule has 1 atom stereocenters. The van der Waals surface area contributed by atoms with E-state index in [4.69, 9.17) is 16.3 Å². The third-order valence-corrected chi connectivity index (χ3v) is 4.06. The Hall–Kier alpha value is -1.55. The zero-order valence-electron chi connectivity index (χ0n) is 11.7. The van der Waals surface area contributed by atoms with E-state index in [1.165, 1.54) is 5.56 Å². The zero-order chi connectivity index (χ0) is 14.7. The molecule has 21 heavy (non-hydrogen) atoms. The van der Waals surface area contributed by atoms with Crippen molar-refractivity contribution in [1.29, 1.82) is 0 Å². The summed E-state index contributed by atoms with van der Waals surface area (Å²) in [5.74, 6) is 0.181. The van der Waals surface area contributed by atoms with Crippen LogP contribution in [0.1, 0.15) is 17.2 Å². The van der Waals surface area contributed by atoms with Crippen molar-refractivity contribution < 1.29 is 9.84 Å². The molecule has 3 nitrogen and oxygen atoms in total. The van der Waals surface area contributed by atoms with E-state index in [-0.39, 0.29) is 11.9 Å². The van der Waals surface area contributed by atoms with E-state index in [9.17, 15) is 5.11 Å². The number of benzene rings is 2. The molecule has 3 rings (SSSR count). The monoisotopic (exact) mass is 303 g/mol. The number of rotatable bonds is 3. The fraction of sp³-hybridized carbons (Fsp3) is 0.294. The summed E-state index contributed by atoms with van der Waals surface area (Å²) in [6, 6.07) is 15.5.